The van der Waals surface area contributed by atoms with Crippen LogP contribution in [0.3, 0.4) is 0 Å². The van der Waals surface area contributed by atoms with Crippen LogP contribution in [-0.4, -0.2) is 32.0 Å². The van der Waals surface area contributed by atoms with Crippen LogP contribution >= 0.6 is 0 Å². The van der Waals surface area contributed by atoms with Crippen molar-refractivity contribution in [3.8, 4) is 0 Å². The van der Waals surface area contributed by atoms with Crippen molar-refractivity contribution < 1.29 is 23.4 Å². The Morgan fingerprint density at radius 3 is 2.52 bits per heavy atom. The van der Waals surface area contributed by atoms with Gasteiger partial charge >= 0.3 is 0 Å². The number of benzene rings is 1. The highest BCUT2D eigenvalue weighted by molar-refractivity contribution is 5.17. The third-order valence-electron chi connectivity index (χ3n) is 4.41. The van der Waals surface area contributed by atoms with Gasteiger partial charge in [-0.3, -0.25) is 0 Å². The van der Waals surface area contributed by atoms with E-state index in [1.165, 1.54) is 0 Å². The standard InChI is InChI=1S/C24H28O5/c1-3-14-25-18-24-21(27-15-4-2)12-13-23(29-24)22-11-10-20(28-22)17-26-16-19-8-6-5-7-9-19/h3-13,21,23-24H,1-2,14-18H2/t21-,23+,24+/m0/s1. The third kappa shape index (κ3) is 6.54. The molecular weight excluding hydrogens is 368 g/mol. The predicted molar refractivity (Wildman–Crippen MR) is 111 cm³/mol. The molecule has 0 N–H and O–H groups in total. The van der Waals surface area contributed by atoms with E-state index in [1.54, 1.807) is 12.2 Å². The zero-order chi connectivity index (χ0) is 20.3. The van der Waals surface area contributed by atoms with E-state index in [0.29, 0.717) is 33.0 Å². The number of rotatable bonds is 12. The van der Waals surface area contributed by atoms with Crippen molar-refractivity contribution in [1.29, 1.82) is 0 Å². The van der Waals surface area contributed by atoms with Gasteiger partial charge in [-0.2, -0.15) is 0 Å². The molecule has 1 aliphatic rings. The molecule has 5 nitrogen and oxygen atoms in total. The van der Waals surface area contributed by atoms with Crippen LogP contribution in [0.25, 0.3) is 0 Å². The molecule has 0 spiro atoms. The molecule has 154 valence electrons. The second-order valence-electron chi connectivity index (χ2n) is 6.68. The number of furan rings is 1. The van der Waals surface area contributed by atoms with Crippen LogP contribution in [0.5, 0.6) is 0 Å². The van der Waals surface area contributed by atoms with Gasteiger partial charge in [0.15, 0.2) is 0 Å². The van der Waals surface area contributed by atoms with Gasteiger partial charge in [0.25, 0.3) is 0 Å². The van der Waals surface area contributed by atoms with E-state index in [2.05, 4.69) is 13.2 Å². The highest BCUT2D eigenvalue weighted by atomic mass is 16.6. The van der Waals surface area contributed by atoms with Crippen LogP contribution in [0.2, 0.25) is 0 Å². The van der Waals surface area contributed by atoms with Gasteiger partial charge in [0.1, 0.15) is 36.4 Å². The summed E-state index contributed by atoms with van der Waals surface area (Å²) < 4.78 is 29.2. The lowest BCUT2D eigenvalue weighted by Crippen LogP contribution is -2.38. The van der Waals surface area contributed by atoms with Crippen LogP contribution in [-0.2, 0) is 32.2 Å². The lowest BCUT2D eigenvalue weighted by molar-refractivity contribution is -0.112. The van der Waals surface area contributed by atoms with Crippen LogP contribution in [0.4, 0.5) is 0 Å². The minimum Gasteiger partial charge on any atom is -0.460 e. The summed E-state index contributed by atoms with van der Waals surface area (Å²) in [5, 5.41) is 0. The van der Waals surface area contributed by atoms with Gasteiger partial charge in [0.05, 0.1) is 26.4 Å². The molecule has 0 fully saturated rings. The van der Waals surface area contributed by atoms with E-state index in [-0.39, 0.29) is 18.3 Å². The quantitative estimate of drug-likeness (QED) is 0.382. The molecule has 0 radical (unpaired) electrons. The van der Waals surface area contributed by atoms with Crippen molar-refractivity contribution in [1.82, 2.24) is 0 Å². The van der Waals surface area contributed by atoms with Crippen LogP contribution in [0.15, 0.2) is 84.3 Å². The Balaban J connectivity index is 1.56. The second-order valence-corrected chi connectivity index (χ2v) is 6.68. The summed E-state index contributed by atoms with van der Waals surface area (Å²) in [6.45, 7) is 9.63. The maximum Gasteiger partial charge on any atom is 0.137 e. The Morgan fingerprint density at radius 2 is 1.72 bits per heavy atom. The van der Waals surface area contributed by atoms with Crippen LogP contribution in [0.1, 0.15) is 23.2 Å². The first kappa shape index (κ1) is 21.3. The first-order chi connectivity index (χ1) is 14.3. The van der Waals surface area contributed by atoms with Crippen molar-refractivity contribution in [3.63, 3.8) is 0 Å². The maximum absolute atomic E-state index is 6.18. The molecule has 1 aromatic carbocycles. The topological polar surface area (TPSA) is 50.1 Å². The highest BCUT2D eigenvalue weighted by Gasteiger charge is 2.30. The van der Waals surface area contributed by atoms with Crippen molar-refractivity contribution in [2.24, 2.45) is 0 Å². The molecule has 0 amide bonds. The molecule has 0 bridgehead atoms. The van der Waals surface area contributed by atoms with Crippen LogP contribution < -0.4 is 0 Å². The van der Waals surface area contributed by atoms with Crippen LogP contribution in [0, 0.1) is 0 Å². The van der Waals surface area contributed by atoms with Gasteiger partial charge < -0.3 is 23.4 Å². The molecule has 1 aliphatic heterocycles. The zero-order valence-electron chi connectivity index (χ0n) is 16.6. The Bertz CT molecular complexity index is 780. The van der Waals surface area contributed by atoms with Gasteiger partial charge in [0.2, 0.25) is 0 Å². The van der Waals surface area contributed by atoms with Gasteiger partial charge in [-0.15, -0.1) is 13.2 Å². The fraction of sp³-hybridized carbons (Fsp3) is 0.333. The van der Waals surface area contributed by atoms with Gasteiger partial charge in [-0.1, -0.05) is 48.6 Å². The lowest BCUT2D eigenvalue weighted by Gasteiger charge is -2.31. The summed E-state index contributed by atoms with van der Waals surface area (Å²) in [4.78, 5) is 0. The molecule has 0 aliphatic carbocycles. The first-order valence-corrected chi connectivity index (χ1v) is 9.75. The van der Waals surface area contributed by atoms with Crippen molar-refractivity contribution in [2.45, 2.75) is 31.5 Å². The van der Waals surface area contributed by atoms with Crippen molar-refractivity contribution in [2.75, 3.05) is 19.8 Å². The number of hydrogen-bond donors (Lipinski definition) is 0. The molecule has 3 rings (SSSR count). The third-order valence-corrected chi connectivity index (χ3v) is 4.41. The molecule has 2 heterocycles. The first-order valence-electron chi connectivity index (χ1n) is 9.75. The van der Waals surface area contributed by atoms with Gasteiger partial charge in [0, 0.05) is 0 Å². The Labute approximate surface area is 172 Å². The monoisotopic (exact) mass is 396 g/mol. The second kappa shape index (κ2) is 11.5. The Kier molecular flexibility index (Phi) is 8.46. The fourth-order valence-electron chi connectivity index (χ4n) is 3.02. The van der Waals surface area contributed by atoms with E-state index in [4.69, 9.17) is 23.4 Å². The molecule has 5 heteroatoms. The number of ether oxygens (including phenoxy) is 4. The van der Waals surface area contributed by atoms with Crippen molar-refractivity contribution in [3.05, 3.63) is 97.0 Å². The average molecular weight is 396 g/mol. The largest absolute Gasteiger partial charge is 0.460 e. The molecule has 0 saturated heterocycles. The molecule has 29 heavy (non-hydrogen) atoms. The molecular formula is C24H28O5. The SMILES string of the molecule is C=CCOC[C@H]1O[C@@H](c2ccc(COCc3ccccc3)o2)C=C[C@@H]1OCC=C. The van der Waals surface area contributed by atoms with E-state index in [0.717, 1.165) is 17.1 Å². The number of hydrogen-bond acceptors (Lipinski definition) is 5. The zero-order valence-corrected chi connectivity index (χ0v) is 16.6. The molecule has 2 aromatic rings. The van der Waals surface area contributed by atoms with Gasteiger partial charge in [-0.25, -0.2) is 0 Å². The lowest BCUT2D eigenvalue weighted by atomic mass is 10.1. The summed E-state index contributed by atoms with van der Waals surface area (Å²) >= 11 is 0. The molecule has 1 aromatic heterocycles. The Hall–Kier alpha value is -2.44. The predicted octanol–water partition coefficient (Wildman–Crippen LogP) is 4.77. The normalized spacial score (nSPS) is 21.2. The van der Waals surface area contributed by atoms with E-state index < -0.39 is 0 Å². The van der Waals surface area contributed by atoms with E-state index in [9.17, 15) is 0 Å². The van der Waals surface area contributed by atoms with E-state index in [1.807, 2.05) is 54.6 Å². The highest BCUT2D eigenvalue weighted by Crippen LogP contribution is 2.29. The van der Waals surface area contributed by atoms with Gasteiger partial charge in [-0.05, 0) is 23.8 Å². The summed E-state index contributed by atoms with van der Waals surface area (Å²) in [6.07, 6.45) is 6.64. The molecule has 3 atom stereocenters. The summed E-state index contributed by atoms with van der Waals surface area (Å²) in [6, 6.07) is 13.9. The summed E-state index contributed by atoms with van der Waals surface area (Å²) in [5.74, 6) is 1.49. The Morgan fingerprint density at radius 1 is 0.897 bits per heavy atom. The smallest absolute Gasteiger partial charge is 0.137 e. The van der Waals surface area contributed by atoms with Crippen molar-refractivity contribution >= 4 is 0 Å². The maximum atomic E-state index is 6.18. The molecule has 0 unspecified atom stereocenters. The molecule has 0 saturated carbocycles. The summed E-state index contributed by atoms with van der Waals surface area (Å²) in [5.41, 5.74) is 1.13. The van der Waals surface area contributed by atoms with E-state index >= 15 is 0 Å². The fourth-order valence-corrected chi connectivity index (χ4v) is 3.02. The average Bonchev–Trinajstić information content (AvgIpc) is 3.22. The minimum absolute atomic E-state index is 0.197. The summed E-state index contributed by atoms with van der Waals surface area (Å²) in [7, 11) is 0. The minimum atomic E-state index is -0.293.